The minimum atomic E-state index is 0.00417. The molecule has 2 heterocycles. The van der Waals surface area contributed by atoms with Crippen molar-refractivity contribution in [2.75, 3.05) is 0 Å². The Hall–Kier alpha value is -1.19. The number of nitrogens with zero attached hydrogens (tertiary/aromatic N) is 1. The monoisotopic (exact) mass is 260 g/mol. The summed E-state index contributed by atoms with van der Waals surface area (Å²) in [5, 5.41) is 0. The van der Waals surface area contributed by atoms with Crippen LogP contribution < -0.4 is 5.73 Å². The van der Waals surface area contributed by atoms with Crippen molar-refractivity contribution in [3.63, 3.8) is 0 Å². The standard InChI is InChI=1S/C15H20N2S/c1-3-11-6-5-9-17-15(11)14(16)10-13-8-7-12(4-2)18-13/h5-9,14H,3-4,10,16H2,1-2H3. The van der Waals surface area contributed by atoms with Crippen LogP contribution in [0.4, 0.5) is 0 Å². The Morgan fingerprint density at radius 1 is 1.17 bits per heavy atom. The molecule has 0 bridgehead atoms. The summed E-state index contributed by atoms with van der Waals surface area (Å²) in [6.45, 7) is 4.33. The summed E-state index contributed by atoms with van der Waals surface area (Å²) in [5.74, 6) is 0. The Kier molecular flexibility index (Phi) is 4.50. The first kappa shape index (κ1) is 13.2. The van der Waals surface area contributed by atoms with E-state index >= 15 is 0 Å². The third kappa shape index (κ3) is 2.98. The molecule has 0 aliphatic carbocycles. The Balaban J connectivity index is 2.13. The highest BCUT2D eigenvalue weighted by Gasteiger charge is 2.13. The van der Waals surface area contributed by atoms with E-state index in [2.05, 4.69) is 37.0 Å². The molecule has 1 unspecified atom stereocenters. The second kappa shape index (κ2) is 6.12. The van der Waals surface area contributed by atoms with Crippen LogP contribution in [-0.4, -0.2) is 4.98 Å². The lowest BCUT2D eigenvalue weighted by molar-refractivity contribution is 0.692. The van der Waals surface area contributed by atoms with E-state index < -0.39 is 0 Å². The summed E-state index contributed by atoms with van der Waals surface area (Å²) in [4.78, 5) is 7.23. The number of aryl methyl sites for hydroxylation is 2. The molecular weight excluding hydrogens is 240 g/mol. The van der Waals surface area contributed by atoms with Crippen LogP contribution in [0.5, 0.6) is 0 Å². The van der Waals surface area contributed by atoms with Gasteiger partial charge in [-0.3, -0.25) is 4.98 Å². The molecule has 0 aliphatic rings. The zero-order chi connectivity index (χ0) is 13.0. The first-order chi connectivity index (χ1) is 8.74. The van der Waals surface area contributed by atoms with Crippen LogP contribution in [0.3, 0.4) is 0 Å². The van der Waals surface area contributed by atoms with Gasteiger partial charge < -0.3 is 5.73 Å². The fourth-order valence-corrected chi connectivity index (χ4v) is 3.14. The van der Waals surface area contributed by atoms with E-state index in [0.717, 1.165) is 25.0 Å². The highest BCUT2D eigenvalue weighted by atomic mass is 32.1. The summed E-state index contributed by atoms with van der Waals surface area (Å²) < 4.78 is 0. The minimum absolute atomic E-state index is 0.00417. The average Bonchev–Trinajstić information content (AvgIpc) is 2.86. The van der Waals surface area contributed by atoms with Crippen LogP contribution >= 0.6 is 11.3 Å². The largest absolute Gasteiger partial charge is 0.322 e. The molecule has 0 aromatic carbocycles. The molecule has 2 N–H and O–H groups in total. The van der Waals surface area contributed by atoms with Crippen LogP contribution in [0.15, 0.2) is 30.5 Å². The van der Waals surface area contributed by atoms with E-state index in [0.29, 0.717) is 0 Å². The zero-order valence-electron chi connectivity index (χ0n) is 11.0. The summed E-state index contributed by atoms with van der Waals surface area (Å²) in [7, 11) is 0. The van der Waals surface area contributed by atoms with Crippen molar-refractivity contribution in [2.45, 2.75) is 39.2 Å². The highest BCUT2D eigenvalue weighted by Crippen LogP contribution is 2.23. The highest BCUT2D eigenvalue weighted by molar-refractivity contribution is 7.11. The van der Waals surface area contributed by atoms with Crippen molar-refractivity contribution < 1.29 is 0 Å². The fourth-order valence-electron chi connectivity index (χ4n) is 2.12. The maximum absolute atomic E-state index is 6.30. The summed E-state index contributed by atoms with van der Waals surface area (Å²) >= 11 is 1.86. The van der Waals surface area contributed by atoms with Crippen LogP contribution in [-0.2, 0) is 19.3 Å². The van der Waals surface area contributed by atoms with Crippen molar-refractivity contribution >= 4 is 11.3 Å². The average molecular weight is 260 g/mol. The van der Waals surface area contributed by atoms with Crippen molar-refractivity contribution in [1.82, 2.24) is 4.98 Å². The molecule has 0 amide bonds. The van der Waals surface area contributed by atoms with Crippen molar-refractivity contribution in [3.05, 3.63) is 51.5 Å². The smallest absolute Gasteiger partial charge is 0.0606 e. The van der Waals surface area contributed by atoms with E-state index in [1.807, 2.05) is 23.6 Å². The number of rotatable bonds is 5. The van der Waals surface area contributed by atoms with Gasteiger partial charge >= 0.3 is 0 Å². The first-order valence-corrected chi connectivity index (χ1v) is 7.33. The van der Waals surface area contributed by atoms with E-state index in [4.69, 9.17) is 5.73 Å². The molecular formula is C15H20N2S. The molecule has 0 saturated carbocycles. The Bertz CT molecular complexity index is 505. The first-order valence-electron chi connectivity index (χ1n) is 6.51. The molecule has 18 heavy (non-hydrogen) atoms. The van der Waals surface area contributed by atoms with E-state index in [-0.39, 0.29) is 6.04 Å². The Labute approximate surface area is 113 Å². The number of thiophene rings is 1. The molecule has 96 valence electrons. The van der Waals surface area contributed by atoms with Gasteiger partial charge in [0.05, 0.1) is 11.7 Å². The van der Waals surface area contributed by atoms with Gasteiger partial charge in [0.2, 0.25) is 0 Å². The second-order valence-electron chi connectivity index (χ2n) is 4.43. The van der Waals surface area contributed by atoms with Gasteiger partial charge in [0.15, 0.2) is 0 Å². The van der Waals surface area contributed by atoms with Gasteiger partial charge in [-0.05, 0) is 36.6 Å². The molecule has 2 aromatic heterocycles. The van der Waals surface area contributed by atoms with Crippen LogP contribution in [0.1, 0.15) is 40.9 Å². The lowest BCUT2D eigenvalue weighted by Gasteiger charge is -2.13. The molecule has 0 radical (unpaired) electrons. The van der Waals surface area contributed by atoms with Gasteiger partial charge in [-0.1, -0.05) is 19.9 Å². The summed E-state index contributed by atoms with van der Waals surface area (Å²) in [6.07, 6.45) is 4.81. The van der Waals surface area contributed by atoms with E-state index in [1.165, 1.54) is 15.3 Å². The third-order valence-electron chi connectivity index (χ3n) is 3.15. The number of hydrogen-bond donors (Lipinski definition) is 1. The third-order valence-corrected chi connectivity index (χ3v) is 4.40. The van der Waals surface area contributed by atoms with Gasteiger partial charge in [-0.25, -0.2) is 0 Å². The van der Waals surface area contributed by atoms with Gasteiger partial charge in [0, 0.05) is 22.4 Å². The fraction of sp³-hybridized carbons (Fsp3) is 0.400. The summed E-state index contributed by atoms with van der Waals surface area (Å²) in [5.41, 5.74) is 8.61. The van der Waals surface area contributed by atoms with Crippen molar-refractivity contribution in [3.8, 4) is 0 Å². The SMILES string of the molecule is CCc1ccc(CC(N)c2ncccc2CC)s1. The van der Waals surface area contributed by atoms with E-state index in [9.17, 15) is 0 Å². The number of pyridine rings is 1. The number of aromatic nitrogens is 1. The maximum atomic E-state index is 6.30. The molecule has 1 atom stereocenters. The van der Waals surface area contributed by atoms with Gasteiger partial charge in [-0.2, -0.15) is 0 Å². The van der Waals surface area contributed by atoms with Gasteiger partial charge in [0.25, 0.3) is 0 Å². The molecule has 2 rings (SSSR count). The zero-order valence-corrected chi connectivity index (χ0v) is 11.8. The number of hydrogen-bond acceptors (Lipinski definition) is 3. The lowest BCUT2D eigenvalue weighted by Crippen LogP contribution is -2.16. The predicted octanol–water partition coefficient (Wildman–Crippen LogP) is 3.51. The molecule has 3 heteroatoms. The van der Waals surface area contributed by atoms with Gasteiger partial charge in [-0.15, -0.1) is 11.3 Å². The Morgan fingerprint density at radius 3 is 2.61 bits per heavy atom. The molecule has 0 fully saturated rings. The molecule has 0 saturated heterocycles. The van der Waals surface area contributed by atoms with Crippen LogP contribution in [0.25, 0.3) is 0 Å². The second-order valence-corrected chi connectivity index (χ2v) is 5.69. The summed E-state index contributed by atoms with van der Waals surface area (Å²) in [6, 6.07) is 8.50. The molecule has 0 spiro atoms. The quantitative estimate of drug-likeness (QED) is 0.893. The number of nitrogens with two attached hydrogens (primary N) is 1. The van der Waals surface area contributed by atoms with Crippen LogP contribution in [0, 0.1) is 0 Å². The predicted molar refractivity (Wildman–Crippen MR) is 77.9 cm³/mol. The molecule has 2 aromatic rings. The normalized spacial score (nSPS) is 12.6. The minimum Gasteiger partial charge on any atom is -0.322 e. The molecule has 2 nitrogen and oxygen atoms in total. The lowest BCUT2D eigenvalue weighted by atomic mass is 10.0. The van der Waals surface area contributed by atoms with E-state index in [1.54, 1.807) is 0 Å². The van der Waals surface area contributed by atoms with Crippen molar-refractivity contribution in [1.29, 1.82) is 0 Å². The topological polar surface area (TPSA) is 38.9 Å². The van der Waals surface area contributed by atoms with Gasteiger partial charge in [0.1, 0.15) is 0 Å². The molecule has 0 aliphatic heterocycles. The van der Waals surface area contributed by atoms with Crippen LogP contribution in [0.2, 0.25) is 0 Å². The maximum Gasteiger partial charge on any atom is 0.0606 e. The van der Waals surface area contributed by atoms with Crippen molar-refractivity contribution in [2.24, 2.45) is 5.73 Å². The Morgan fingerprint density at radius 2 is 1.94 bits per heavy atom.